The molecule has 9 heteroatoms. The lowest BCUT2D eigenvalue weighted by Crippen LogP contribution is -2.15. The minimum atomic E-state index is -3.77. The van der Waals surface area contributed by atoms with Crippen LogP contribution in [0.2, 0.25) is 0 Å². The molecule has 0 spiro atoms. The summed E-state index contributed by atoms with van der Waals surface area (Å²) in [7, 11) is -7.05. The maximum atomic E-state index is 12.0. The molecule has 2 aromatic carbocycles. The van der Waals surface area contributed by atoms with Gasteiger partial charge in [0.1, 0.15) is 0 Å². The number of nitrogens with two attached hydrogens (primary N) is 1. The van der Waals surface area contributed by atoms with Crippen molar-refractivity contribution in [3.05, 3.63) is 54.1 Å². The van der Waals surface area contributed by atoms with Crippen LogP contribution in [0.5, 0.6) is 0 Å². The van der Waals surface area contributed by atoms with E-state index in [2.05, 4.69) is 5.32 Å². The number of nitrogens with one attached hydrogen (secondary N) is 1. The van der Waals surface area contributed by atoms with Crippen LogP contribution in [-0.4, -0.2) is 29.0 Å². The summed E-state index contributed by atoms with van der Waals surface area (Å²) in [5, 5.41) is 7.62. The molecule has 0 bridgehead atoms. The summed E-state index contributed by atoms with van der Waals surface area (Å²) in [6.07, 6.45) is 1.17. The molecule has 0 atom stereocenters. The minimum Gasteiger partial charge on any atom is -0.326 e. The van der Waals surface area contributed by atoms with Crippen LogP contribution in [0.1, 0.15) is 5.56 Å². The van der Waals surface area contributed by atoms with Crippen molar-refractivity contribution < 1.29 is 21.6 Å². The van der Waals surface area contributed by atoms with Gasteiger partial charge in [0, 0.05) is 11.9 Å². The number of benzene rings is 2. The first kappa shape index (κ1) is 18.1. The van der Waals surface area contributed by atoms with Gasteiger partial charge in [-0.15, -0.1) is 0 Å². The number of hydrogen-bond donors (Lipinski definition) is 2. The zero-order valence-corrected chi connectivity index (χ0v) is 14.4. The van der Waals surface area contributed by atoms with Crippen molar-refractivity contribution in [2.45, 2.75) is 16.2 Å². The Kier molecular flexibility index (Phi) is 5.07. The van der Waals surface area contributed by atoms with Gasteiger partial charge in [0.15, 0.2) is 9.84 Å². The number of hydrogen-bond acceptors (Lipinski definition) is 5. The predicted molar refractivity (Wildman–Crippen MR) is 89.7 cm³/mol. The number of sulfone groups is 1. The molecule has 2 rings (SSSR count). The number of rotatable bonds is 5. The topological polar surface area (TPSA) is 123 Å². The van der Waals surface area contributed by atoms with Gasteiger partial charge in [-0.3, -0.25) is 4.79 Å². The van der Waals surface area contributed by atoms with Crippen LogP contribution in [0.25, 0.3) is 0 Å². The van der Waals surface area contributed by atoms with Crippen LogP contribution in [-0.2, 0) is 31.1 Å². The molecule has 0 radical (unpaired) electrons. The van der Waals surface area contributed by atoms with E-state index in [0.717, 1.165) is 6.26 Å². The number of carbonyl (C=O) groups excluding carboxylic acids is 1. The van der Waals surface area contributed by atoms with E-state index < -0.39 is 19.9 Å². The molecule has 0 aliphatic heterocycles. The lowest BCUT2D eigenvalue weighted by atomic mass is 10.1. The number of anilines is 1. The van der Waals surface area contributed by atoms with E-state index in [4.69, 9.17) is 5.14 Å². The fourth-order valence-corrected chi connectivity index (χ4v) is 3.12. The summed E-state index contributed by atoms with van der Waals surface area (Å²) in [6.45, 7) is 0. The van der Waals surface area contributed by atoms with Crippen molar-refractivity contribution in [1.29, 1.82) is 0 Å². The van der Waals surface area contributed by atoms with Gasteiger partial charge in [0.25, 0.3) is 0 Å². The highest BCUT2D eigenvalue weighted by atomic mass is 32.2. The monoisotopic (exact) mass is 368 g/mol. The van der Waals surface area contributed by atoms with Gasteiger partial charge < -0.3 is 5.32 Å². The Hall–Kier alpha value is -2.23. The third kappa shape index (κ3) is 4.88. The molecule has 128 valence electrons. The van der Waals surface area contributed by atoms with E-state index in [1.54, 1.807) is 12.1 Å². The van der Waals surface area contributed by atoms with Gasteiger partial charge >= 0.3 is 0 Å². The first-order chi connectivity index (χ1) is 11.1. The summed E-state index contributed by atoms with van der Waals surface area (Å²) in [5.41, 5.74) is 1.08. The summed E-state index contributed by atoms with van der Waals surface area (Å²) >= 11 is 0. The maximum absolute atomic E-state index is 12.0. The standard InChI is InChI=1S/C15H16N2O5S2/c1-23(19,20)13-6-2-11(3-7-13)10-15(18)17-12-4-8-14(9-5-12)24(16,21)22/h2-9H,10H2,1H3,(H,17,18)(H2,16,21,22). The average molecular weight is 368 g/mol. The van der Waals surface area contributed by atoms with Gasteiger partial charge in [-0.05, 0) is 42.0 Å². The van der Waals surface area contributed by atoms with Crippen LogP contribution in [0.15, 0.2) is 58.3 Å². The van der Waals surface area contributed by atoms with Crippen LogP contribution in [0, 0.1) is 0 Å². The summed E-state index contributed by atoms with van der Waals surface area (Å²) in [6, 6.07) is 11.5. The second kappa shape index (κ2) is 6.71. The Morgan fingerprint density at radius 1 is 0.917 bits per heavy atom. The molecular formula is C15H16N2O5S2. The van der Waals surface area contributed by atoms with E-state index >= 15 is 0 Å². The van der Waals surface area contributed by atoms with Crippen molar-refractivity contribution >= 4 is 31.5 Å². The third-order valence-corrected chi connectivity index (χ3v) is 5.24. The lowest BCUT2D eigenvalue weighted by Gasteiger charge is -2.07. The highest BCUT2D eigenvalue weighted by molar-refractivity contribution is 7.90. The highest BCUT2D eigenvalue weighted by Gasteiger charge is 2.10. The van der Waals surface area contributed by atoms with E-state index in [1.807, 2.05) is 0 Å². The molecule has 0 aromatic heterocycles. The Morgan fingerprint density at radius 2 is 1.42 bits per heavy atom. The van der Waals surface area contributed by atoms with E-state index in [9.17, 15) is 21.6 Å². The number of carbonyl (C=O) groups is 1. The van der Waals surface area contributed by atoms with Crippen LogP contribution >= 0.6 is 0 Å². The SMILES string of the molecule is CS(=O)(=O)c1ccc(CC(=O)Nc2ccc(S(N)(=O)=O)cc2)cc1. The first-order valence-corrected chi connectivity index (χ1v) is 10.2. The normalized spacial score (nSPS) is 11.9. The fourth-order valence-electron chi connectivity index (χ4n) is 1.97. The Bertz CT molecular complexity index is 868. The van der Waals surface area contributed by atoms with Crippen LogP contribution < -0.4 is 10.5 Å². The molecule has 0 aliphatic carbocycles. The molecule has 2 aromatic rings. The van der Waals surface area contributed by atoms with Gasteiger partial charge in [-0.2, -0.15) is 0 Å². The van der Waals surface area contributed by atoms with E-state index in [-0.39, 0.29) is 22.1 Å². The molecule has 0 aliphatic rings. The smallest absolute Gasteiger partial charge is 0.238 e. The lowest BCUT2D eigenvalue weighted by molar-refractivity contribution is -0.115. The molecule has 24 heavy (non-hydrogen) atoms. The molecule has 3 N–H and O–H groups in total. The second-order valence-electron chi connectivity index (χ2n) is 5.21. The molecule has 0 unspecified atom stereocenters. The van der Waals surface area contributed by atoms with Crippen molar-refractivity contribution in [1.82, 2.24) is 0 Å². The van der Waals surface area contributed by atoms with Gasteiger partial charge in [0.05, 0.1) is 16.2 Å². The summed E-state index contributed by atoms with van der Waals surface area (Å²) < 4.78 is 45.1. The Morgan fingerprint density at radius 3 is 1.88 bits per heavy atom. The summed E-state index contributed by atoms with van der Waals surface area (Å²) in [4.78, 5) is 12.1. The fraction of sp³-hybridized carbons (Fsp3) is 0.133. The first-order valence-electron chi connectivity index (χ1n) is 6.77. The van der Waals surface area contributed by atoms with Crippen LogP contribution in [0.3, 0.4) is 0 Å². The second-order valence-corrected chi connectivity index (χ2v) is 8.79. The number of amides is 1. The van der Waals surface area contributed by atoms with E-state index in [1.165, 1.54) is 36.4 Å². The Balaban J connectivity index is 2.03. The molecule has 0 heterocycles. The quantitative estimate of drug-likeness (QED) is 0.812. The van der Waals surface area contributed by atoms with Crippen molar-refractivity contribution in [2.75, 3.05) is 11.6 Å². The highest BCUT2D eigenvalue weighted by Crippen LogP contribution is 2.14. The van der Waals surface area contributed by atoms with Crippen molar-refractivity contribution in [2.24, 2.45) is 5.14 Å². The van der Waals surface area contributed by atoms with Crippen molar-refractivity contribution in [3.63, 3.8) is 0 Å². The van der Waals surface area contributed by atoms with E-state index in [0.29, 0.717) is 11.3 Å². The molecule has 7 nitrogen and oxygen atoms in total. The van der Waals surface area contributed by atoms with Crippen LogP contribution in [0.4, 0.5) is 5.69 Å². The van der Waals surface area contributed by atoms with Gasteiger partial charge in [-0.25, -0.2) is 22.0 Å². The number of sulfonamides is 1. The average Bonchev–Trinajstić information content (AvgIpc) is 2.46. The molecule has 0 fully saturated rings. The minimum absolute atomic E-state index is 0.0446. The number of primary sulfonamides is 1. The molecule has 1 amide bonds. The summed E-state index contributed by atoms with van der Waals surface area (Å²) in [5.74, 6) is -0.314. The Labute approximate surface area is 140 Å². The molecular weight excluding hydrogens is 352 g/mol. The predicted octanol–water partition coefficient (Wildman–Crippen LogP) is 0.919. The molecule has 0 saturated heterocycles. The van der Waals surface area contributed by atoms with Gasteiger partial charge in [-0.1, -0.05) is 12.1 Å². The zero-order chi connectivity index (χ0) is 18.0. The van der Waals surface area contributed by atoms with Crippen molar-refractivity contribution in [3.8, 4) is 0 Å². The van der Waals surface area contributed by atoms with Gasteiger partial charge in [0.2, 0.25) is 15.9 Å². The maximum Gasteiger partial charge on any atom is 0.238 e. The third-order valence-electron chi connectivity index (χ3n) is 3.18. The molecule has 0 saturated carbocycles. The largest absolute Gasteiger partial charge is 0.326 e. The zero-order valence-electron chi connectivity index (χ0n) is 12.8.